The van der Waals surface area contributed by atoms with E-state index < -0.39 is 6.10 Å². The van der Waals surface area contributed by atoms with Gasteiger partial charge in [-0.1, -0.05) is 17.4 Å². The van der Waals surface area contributed by atoms with E-state index in [9.17, 15) is 5.11 Å². The summed E-state index contributed by atoms with van der Waals surface area (Å²) in [4.78, 5) is 2.10. The normalized spacial score (nSPS) is 16.1. The van der Waals surface area contributed by atoms with Crippen molar-refractivity contribution in [3.8, 4) is 11.5 Å². The number of aliphatic hydroxyl groups excluding tert-OH is 1. The first-order chi connectivity index (χ1) is 14.9. The lowest BCUT2D eigenvalue weighted by Gasteiger charge is -2.33. The van der Waals surface area contributed by atoms with Crippen molar-refractivity contribution < 1.29 is 14.6 Å². The molecule has 4 rings (SSSR count). The van der Waals surface area contributed by atoms with E-state index in [-0.39, 0.29) is 0 Å². The lowest BCUT2D eigenvalue weighted by molar-refractivity contribution is 0.0673. The quantitative estimate of drug-likeness (QED) is 0.525. The molecule has 0 spiro atoms. The smallest absolute Gasteiger partial charge is 0.209 e. The zero-order chi connectivity index (χ0) is 22.1. The van der Waals surface area contributed by atoms with E-state index in [1.807, 2.05) is 18.2 Å². The van der Waals surface area contributed by atoms with Gasteiger partial charge in [-0.05, 0) is 61.5 Å². The minimum absolute atomic E-state index is 0.454. The minimum Gasteiger partial charge on any atom is -0.496 e. The second-order valence-corrected chi connectivity index (χ2v) is 9.25. The fraction of sp³-hybridized carbons (Fsp3) is 0.364. The summed E-state index contributed by atoms with van der Waals surface area (Å²) in [6, 6.07) is 9.92. The van der Waals surface area contributed by atoms with Gasteiger partial charge in [-0.2, -0.15) is 0 Å². The number of methoxy groups -OCH3 is 2. The van der Waals surface area contributed by atoms with Crippen LogP contribution in [0, 0.1) is 17.8 Å². The van der Waals surface area contributed by atoms with E-state index >= 15 is 0 Å². The Balaban J connectivity index is 1.54. The van der Waals surface area contributed by atoms with Crippen LogP contribution in [0.15, 0.2) is 30.3 Å². The first-order valence-corrected chi connectivity index (χ1v) is 11.2. The Labute approximate surface area is 190 Å². The highest BCUT2D eigenvalue weighted by molar-refractivity contribution is 7.73. The molecule has 164 valence electrons. The SMILES string of the molecule is COc1ccc(OC)c2c1CN(Cn1nc(Nc3ccc(C)c(C)c3)sc1=S)CC2O. The van der Waals surface area contributed by atoms with Gasteiger partial charge in [0.2, 0.25) is 5.13 Å². The average Bonchev–Trinajstić information content (AvgIpc) is 3.08. The van der Waals surface area contributed by atoms with Crippen molar-refractivity contribution in [2.45, 2.75) is 33.2 Å². The summed E-state index contributed by atoms with van der Waals surface area (Å²) in [5.74, 6) is 1.41. The van der Waals surface area contributed by atoms with Crippen LogP contribution in [0.5, 0.6) is 11.5 Å². The summed E-state index contributed by atoms with van der Waals surface area (Å²) in [7, 11) is 3.24. The van der Waals surface area contributed by atoms with Crippen LogP contribution in [0.1, 0.15) is 28.4 Å². The van der Waals surface area contributed by atoms with Gasteiger partial charge in [0, 0.05) is 29.9 Å². The number of fused-ring (bicyclic) bond motifs is 1. The van der Waals surface area contributed by atoms with E-state index in [1.54, 1.807) is 18.9 Å². The Bertz CT molecular complexity index is 1160. The van der Waals surface area contributed by atoms with Crippen LogP contribution in [-0.4, -0.2) is 40.6 Å². The predicted octanol–water partition coefficient (Wildman–Crippen LogP) is 4.56. The molecule has 0 aliphatic carbocycles. The number of aryl methyl sites for hydroxylation is 2. The Hall–Kier alpha value is -2.46. The van der Waals surface area contributed by atoms with E-state index in [2.05, 4.69) is 41.3 Å². The molecule has 31 heavy (non-hydrogen) atoms. The van der Waals surface area contributed by atoms with Crippen LogP contribution < -0.4 is 14.8 Å². The predicted molar refractivity (Wildman–Crippen MR) is 125 cm³/mol. The van der Waals surface area contributed by atoms with Gasteiger partial charge < -0.3 is 19.9 Å². The lowest BCUT2D eigenvalue weighted by Crippen LogP contribution is -2.35. The van der Waals surface area contributed by atoms with Crippen LogP contribution in [0.2, 0.25) is 0 Å². The average molecular weight is 459 g/mol. The van der Waals surface area contributed by atoms with Crippen LogP contribution in [0.4, 0.5) is 10.8 Å². The number of rotatable bonds is 6. The molecule has 1 aliphatic rings. The number of benzene rings is 2. The van der Waals surface area contributed by atoms with Gasteiger partial charge >= 0.3 is 0 Å². The number of nitrogens with zero attached hydrogens (tertiary/aromatic N) is 3. The number of hydrogen-bond donors (Lipinski definition) is 2. The molecular formula is C22H26N4O3S2. The van der Waals surface area contributed by atoms with Gasteiger partial charge in [0.15, 0.2) is 3.95 Å². The van der Waals surface area contributed by atoms with Crippen molar-refractivity contribution >= 4 is 34.4 Å². The molecule has 1 atom stereocenters. The Morgan fingerprint density at radius 2 is 1.90 bits per heavy atom. The van der Waals surface area contributed by atoms with Gasteiger partial charge in [0.1, 0.15) is 11.5 Å². The molecule has 0 saturated heterocycles. The molecular weight excluding hydrogens is 432 g/mol. The number of anilines is 2. The summed E-state index contributed by atoms with van der Waals surface area (Å²) in [5, 5.41) is 19.6. The number of aromatic nitrogens is 2. The topological polar surface area (TPSA) is 71.8 Å². The molecule has 2 heterocycles. The van der Waals surface area contributed by atoms with Gasteiger partial charge in [-0.15, -0.1) is 5.10 Å². The Morgan fingerprint density at radius 1 is 1.16 bits per heavy atom. The third-order valence-electron chi connectivity index (χ3n) is 5.56. The molecule has 0 radical (unpaired) electrons. The molecule has 1 unspecified atom stereocenters. The van der Waals surface area contributed by atoms with Crippen LogP contribution in [-0.2, 0) is 13.2 Å². The van der Waals surface area contributed by atoms with Crippen molar-refractivity contribution in [2.24, 2.45) is 0 Å². The molecule has 1 aliphatic heterocycles. The van der Waals surface area contributed by atoms with Crippen molar-refractivity contribution in [1.29, 1.82) is 0 Å². The molecule has 7 nitrogen and oxygen atoms in total. The number of hydrogen-bond acceptors (Lipinski definition) is 8. The molecule has 2 aromatic carbocycles. The van der Waals surface area contributed by atoms with Crippen molar-refractivity contribution in [1.82, 2.24) is 14.7 Å². The molecule has 2 N–H and O–H groups in total. The van der Waals surface area contributed by atoms with Crippen LogP contribution >= 0.6 is 23.6 Å². The summed E-state index contributed by atoms with van der Waals surface area (Å²) < 4.78 is 13.4. The van der Waals surface area contributed by atoms with E-state index in [0.717, 1.165) is 27.7 Å². The fourth-order valence-electron chi connectivity index (χ4n) is 3.83. The van der Waals surface area contributed by atoms with Gasteiger partial charge in [-0.25, -0.2) is 4.68 Å². The van der Waals surface area contributed by atoms with Gasteiger partial charge in [0.25, 0.3) is 0 Å². The summed E-state index contributed by atoms with van der Waals surface area (Å²) in [6.45, 7) is 5.71. The number of aliphatic hydroxyl groups is 1. The zero-order valence-electron chi connectivity index (χ0n) is 18.0. The highest BCUT2D eigenvalue weighted by atomic mass is 32.1. The Morgan fingerprint density at radius 3 is 2.61 bits per heavy atom. The zero-order valence-corrected chi connectivity index (χ0v) is 19.6. The Kier molecular flexibility index (Phi) is 6.29. The minimum atomic E-state index is -0.685. The summed E-state index contributed by atoms with van der Waals surface area (Å²) in [5.41, 5.74) is 5.17. The lowest BCUT2D eigenvalue weighted by atomic mass is 9.95. The highest BCUT2D eigenvalue weighted by Gasteiger charge is 2.30. The highest BCUT2D eigenvalue weighted by Crippen LogP contribution is 2.39. The van der Waals surface area contributed by atoms with E-state index in [4.69, 9.17) is 21.7 Å². The van der Waals surface area contributed by atoms with E-state index in [1.165, 1.54) is 22.5 Å². The van der Waals surface area contributed by atoms with Gasteiger partial charge in [-0.3, -0.25) is 4.90 Å². The second kappa shape index (κ2) is 8.96. The third-order valence-corrected chi connectivity index (χ3v) is 6.78. The maximum atomic E-state index is 10.8. The number of ether oxygens (including phenoxy) is 2. The molecule has 9 heteroatoms. The first kappa shape index (κ1) is 21.8. The molecule has 0 fully saturated rings. The summed E-state index contributed by atoms with van der Waals surface area (Å²) >= 11 is 6.97. The number of nitrogens with one attached hydrogen (secondary N) is 1. The first-order valence-electron chi connectivity index (χ1n) is 9.96. The standard InChI is InChI=1S/C22H26N4O3S2/c1-13-5-6-15(9-14(13)2)23-21-24-26(22(30)31-21)12-25-10-16-18(28-3)7-8-19(29-4)20(16)17(27)11-25/h5-9,17,27H,10-12H2,1-4H3,(H,23,24). The van der Waals surface area contributed by atoms with Crippen molar-refractivity contribution in [3.05, 3.63) is 56.5 Å². The van der Waals surface area contributed by atoms with Crippen LogP contribution in [0.3, 0.4) is 0 Å². The number of β-amino-alcohol motifs (C(OH)–C–C–N with tert-alkyl or cyclic N) is 1. The molecule has 0 bridgehead atoms. The van der Waals surface area contributed by atoms with Crippen LogP contribution in [0.25, 0.3) is 0 Å². The van der Waals surface area contributed by atoms with Crippen molar-refractivity contribution in [2.75, 3.05) is 26.1 Å². The molecule has 0 amide bonds. The third kappa shape index (κ3) is 4.45. The van der Waals surface area contributed by atoms with Crippen molar-refractivity contribution in [3.63, 3.8) is 0 Å². The molecule has 3 aromatic rings. The van der Waals surface area contributed by atoms with Gasteiger partial charge in [0.05, 0.1) is 27.0 Å². The fourth-order valence-corrected chi connectivity index (χ4v) is 4.84. The maximum Gasteiger partial charge on any atom is 0.209 e. The molecule has 1 aromatic heterocycles. The second-order valence-electron chi connectivity index (χ2n) is 7.63. The monoisotopic (exact) mass is 458 g/mol. The van der Waals surface area contributed by atoms with E-state index in [0.29, 0.717) is 29.5 Å². The largest absolute Gasteiger partial charge is 0.496 e. The molecule has 0 saturated carbocycles. The summed E-state index contributed by atoms with van der Waals surface area (Å²) in [6.07, 6.45) is -0.685. The maximum absolute atomic E-state index is 10.8.